The van der Waals surface area contributed by atoms with Gasteiger partial charge in [0.2, 0.25) is 5.91 Å². The molecule has 28 heavy (non-hydrogen) atoms. The molecule has 1 saturated carbocycles. The van der Waals surface area contributed by atoms with Gasteiger partial charge in [-0.05, 0) is 68.2 Å². The summed E-state index contributed by atoms with van der Waals surface area (Å²) in [5.74, 6) is 1.11. The Hall–Kier alpha value is -2.06. The zero-order valence-electron chi connectivity index (χ0n) is 16.1. The Morgan fingerprint density at radius 1 is 1.32 bits per heavy atom. The van der Waals surface area contributed by atoms with E-state index < -0.39 is 19.0 Å². The van der Waals surface area contributed by atoms with Crippen molar-refractivity contribution in [2.24, 2.45) is 17.8 Å². The summed E-state index contributed by atoms with van der Waals surface area (Å²) in [7, 11) is 0.107. The van der Waals surface area contributed by atoms with E-state index in [0.29, 0.717) is 30.4 Å². The third-order valence-electron chi connectivity index (χ3n) is 6.41. The highest BCUT2D eigenvalue weighted by Gasteiger charge is 2.39. The van der Waals surface area contributed by atoms with Gasteiger partial charge in [-0.1, -0.05) is 12.1 Å². The van der Waals surface area contributed by atoms with Gasteiger partial charge in [-0.15, -0.1) is 0 Å². The van der Waals surface area contributed by atoms with Gasteiger partial charge in [-0.3, -0.25) is 4.79 Å². The van der Waals surface area contributed by atoms with Crippen molar-refractivity contribution in [3.63, 3.8) is 0 Å². The van der Waals surface area contributed by atoms with E-state index in [4.69, 9.17) is 9.39 Å². The van der Waals surface area contributed by atoms with Gasteiger partial charge in [0.15, 0.2) is 0 Å². The molecule has 2 heterocycles. The Kier molecular flexibility index (Phi) is 5.59. The van der Waals surface area contributed by atoms with Gasteiger partial charge in [0.05, 0.1) is 13.1 Å². The van der Waals surface area contributed by atoms with Crippen LogP contribution in [0.2, 0.25) is 0 Å². The minimum absolute atomic E-state index is 0.0466. The van der Waals surface area contributed by atoms with Crippen molar-refractivity contribution >= 4 is 19.0 Å². The average molecular weight is 386 g/mol. The van der Waals surface area contributed by atoms with Crippen molar-refractivity contribution in [3.05, 3.63) is 29.3 Å². The molecule has 3 unspecified atom stereocenters. The highest BCUT2D eigenvalue weighted by molar-refractivity contribution is 6.47. The molecule has 0 bridgehead atoms. The zero-order valence-corrected chi connectivity index (χ0v) is 16.1. The monoisotopic (exact) mass is 386 g/mol. The molecule has 1 aliphatic carbocycles. The Balaban J connectivity index is 1.36. The van der Waals surface area contributed by atoms with Crippen molar-refractivity contribution in [2.45, 2.75) is 38.0 Å². The van der Waals surface area contributed by atoms with E-state index in [9.17, 15) is 14.6 Å². The first-order valence-electron chi connectivity index (χ1n) is 10.1. The van der Waals surface area contributed by atoms with Crippen LogP contribution in [-0.4, -0.2) is 50.2 Å². The second-order valence-electron chi connectivity index (χ2n) is 8.23. The Morgan fingerprint density at radius 2 is 2.14 bits per heavy atom. The maximum atomic E-state index is 12.6. The summed E-state index contributed by atoms with van der Waals surface area (Å²) < 4.78 is 10.3. The van der Waals surface area contributed by atoms with Crippen LogP contribution in [0.3, 0.4) is 0 Å². The number of rotatable bonds is 4. The van der Waals surface area contributed by atoms with E-state index in [-0.39, 0.29) is 11.5 Å². The first-order chi connectivity index (χ1) is 13.5. The van der Waals surface area contributed by atoms with E-state index in [2.05, 4.69) is 10.6 Å². The highest BCUT2D eigenvalue weighted by Crippen LogP contribution is 2.37. The third-order valence-corrected chi connectivity index (χ3v) is 6.41. The van der Waals surface area contributed by atoms with Crippen LogP contribution in [0.25, 0.3) is 0 Å². The van der Waals surface area contributed by atoms with Crippen LogP contribution in [0.5, 0.6) is 5.75 Å². The molecule has 1 saturated heterocycles. The first kappa shape index (κ1) is 19.3. The molecular weight excluding hydrogens is 359 g/mol. The van der Waals surface area contributed by atoms with Crippen molar-refractivity contribution in [3.8, 4) is 5.75 Å². The van der Waals surface area contributed by atoms with E-state index in [1.165, 1.54) is 13.5 Å². The zero-order chi connectivity index (χ0) is 19.7. The summed E-state index contributed by atoms with van der Waals surface area (Å²) in [5, 5.41) is 16.8. The molecule has 0 spiro atoms. The molecular formula is C20H27BN2O5. The maximum Gasteiger partial charge on any atom is 0.547 e. The van der Waals surface area contributed by atoms with Crippen LogP contribution in [0.4, 0.5) is 0 Å². The van der Waals surface area contributed by atoms with E-state index in [1.54, 1.807) is 12.1 Å². The maximum absolute atomic E-state index is 12.6. The van der Waals surface area contributed by atoms with Crippen LogP contribution >= 0.6 is 0 Å². The standard InChI is InChI=1S/C20H27BN2O5/c1-27-20(25)16-4-2-3-13-9-17(21(26)28-19(13)16)23-18(24)8-12-5-6-14-10-22-11-15(14)7-12/h2-4,12,14-15,17,22,26H,5-11H2,1H3,(H,23,24)/t12?,14?,15?,17-/m0/s1. The fourth-order valence-corrected chi connectivity index (χ4v) is 4.93. The fourth-order valence-electron chi connectivity index (χ4n) is 4.93. The lowest BCUT2D eigenvalue weighted by atomic mass is 9.71. The molecule has 4 atom stereocenters. The van der Waals surface area contributed by atoms with E-state index >= 15 is 0 Å². The molecule has 1 aromatic carbocycles. The van der Waals surface area contributed by atoms with Crippen LogP contribution in [0, 0.1) is 17.8 Å². The number of ether oxygens (including phenoxy) is 1. The number of carbonyl (C=O) groups is 2. The van der Waals surface area contributed by atoms with Gasteiger partial charge in [-0.25, -0.2) is 4.79 Å². The quantitative estimate of drug-likeness (QED) is 0.527. The lowest BCUT2D eigenvalue weighted by Gasteiger charge is -2.32. The summed E-state index contributed by atoms with van der Waals surface area (Å²) in [5.41, 5.74) is 1.06. The van der Waals surface area contributed by atoms with Gasteiger partial charge in [-0.2, -0.15) is 0 Å². The van der Waals surface area contributed by atoms with Gasteiger partial charge in [0.25, 0.3) is 0 Å². The normalized spacial score (nSPS) is 28.7. The Bertz CT molecular complexity index is 758. The molecule has 0 radical (unpaired) electrons. The second kappa shape index (κ2) is 8.13. The molecule has 4 rings (SSSR count). The number of carbonyl (C=O) groups excluding carboxylic acids is 2. The molecule has 7 nitrogen and oxygen atoms in total. The third kappa shape index (κ3) is 3.89. The molecule has 8 heteroatoms. The number of hydrogen-bond donors (Lipinski definition) is 3. The van der Waals surface area contributed by atoms with Gasteiger partial charge in [0, 0.05) is 6.42 Å². The number of nitrogens with one attached hydrogen (secondary N) is 2. The summed E-state index contributed by atoms with van der Waals surface area (Å²) >= 11 is 0. The van der Waals surface area contributed by atoms with Crippen molar-refractivity contribution in [1.29, 1.82) is 0 Å². The predicted molar refractivity (Wildman–Crippen MR) is 104 cm³/mol. The number of para-hydroxylation sites is 1. The van der Waals surface area contributed by atoms with Crippen molar-refractivity contribution in [2.75, 3.05) is 20.2 Å². The summed E-state index contributed by atoms with van der Waals surface area (Å²) in [6.07, 6.45) is 4.27. The first-order valence-corrected chi connectivity index (χ1v) is 10.1. The molecule has 1 amide bonds. The van der Waals surface area contributed by atoms with Crippen LogP contribution in [0.1, 0.15) is 41.6 Å². The summed E-state index contributed by atoms with van der Waals surface area (Å²) in [6, 6.07) is 5.19. The molecule has 3 aliphatic rings. The minimum Gasteiger partial charge on any atom is -0.534 e. The average Bonchev–Trinajstić information content (AvgIpc) is 3.15. The number of benzene rings is 1. The predicted octanol–water partition coefficient (Wildman–Crippen LogP) is 0.938. The number of esters is 1. The van der Waals surface area contributed by atoms with Gasteiger partial charge < -0.3 is 25.0 Å². The van der Waals surface area contributed by atoms with Gasteiger partial charge >= 0.3 is 13.1 Å². The summed E-state index contributed by atoms with van der Waals surface area (Å²) in [6.45, 7) is 2.18. The second-order valence-corrected chi connectivity index (χ2v) is 8.23. The number of hydrogen-bond acceptors (Lipinski definition) is 6. The summed E-state index contributed by atoms with van der Waals surface area (Å²) in [4.78, 5) is 24.5. The number of methoxy groups -OCH3 is 1. The molecule has 2 aliphatic heterocycles. The lowest BCUT2D eigenvalue weighted by Crippen LogP contribution is -2.53. The Labute approximate surface area is 165 Å². The molecule has 3 N–H and O–H groups in total. The van der Waals surface area contributed by atoms with Crippen molar-refractivity contribution < 1.29 is 24.0 Å². The van der Waals surface area contributed by atoms with Crippen LogP contribution < -0.4 is 15.3 Å². The minimum atomic E-state index is -1.20. The Morgan fingerprint density at radius 3 is 2.96 bits per heavy atom. The number of amides is 1. The largest absolute Gasteiger partial charge is 0.547 e. The SMILES string of the molecule is COC(=O)c1cccc2c1OB(O)[C@@H](NC(=O)CC1CCC3CNCC3C1)C2. The van der Waals surface area contributed by atoms with Crippen LogP contribution in [-0.2, 0) is 16.0 Å². The smallest absolute Gasteiger partial charge is 0.534 e. The molecule has 2 fully saturated rings. The molecule has 1 aromatic rings. The van der Waals surface area contributed by atoms with Gasteiger partial charge in [0.1, 0.15) is 11.3 Å². The highest BCUT2D eigenvalue weighted by atomic mass is 16.5. The van der Waals surface area contributed by atoms with Crippen molar-refractivity contribution in [1.82, 2.24) is 10.6 Å². The fraction of sp³-hybridized carbons (Fsp3) is 0.600. The molecule has 0 aromatic heterocycles. The molecule has 150 valence electrons. The van der Waals surface area contributed by atoms with E-state index in [1.807, 2.05) is 6.07 Å². The van der Waals surface area contributed by atoms with E-state index in [0.717, 1.165) is 37.4 Å². The number of fused-ring (bicyclic) bond motifs is 2. The topological polar surface area (TPSA) is 96.9 Å². The van der Waals surface area contributed by atoms with Crippen LogP contribution in [0.15, 0.2) is 18.2 Å². The lowest BCUT2D eigenvalue weighted by molar-refractivity contribution is -0.122.